The van der Waals surface area contributed by atoms with E-state index in [0.29, 0.717) is 39.5 Å². The van der Waals surface area contributed by atoms with Gasteiger partial charge < -0.3 is 9.47 Å². The molecule has 0 amide bonds. The Morgan fingerprint density at radius 3 is 2.53 bits per heavy atom. The van der Waals surface area contributed by atoms with Crippen LogP contribution in [0.5, 0.6) is 11.5 Å². The first-order chi connectivity index (χ1) is 15.6. The summed E-state index contributed by atoms with van der Waals surface area (Å²) in [5.41, 5.74) is 3.84. The van der Waals surface area contributed by atoms with Crippen LogP contribution < -0.4 is 15.0 Å². The molecule has 0 saturated carbocycles. The highest BCUT2D eigenvalue weighted by atomic mass is 16.7. The summed E-state index contributed by atoms with van der Waals surface area (Å²) in [7, 11) is 0. The van der Waals surface area contributed by atoms with Crippen molar-refractivity contribution in [1.29, 1.82) is 0 Å². The highest BCUT2D eigenvalue weighted by Crippen LogP contribution is 2.36. The van der Waals surface area contributed by atoms with Gasteiger partial charge in [0.25, 0.3) is 5.56 Å². The zero-order valence-electron chi connectivity index (χ0n) is 18.0. The Balaban J connectivity index is 1.79. The monoisotopic (exact) mass is 427 g/mol. The van der Waals surface area contributed by atoms with Gasteiger partial charge in [0.05, 0.1) is 16.7 Å². The van der Waals surface area contributed by atoms with Crippen molar-refractivity contribution in [3.8, 4) is 17.2 Å². The van der Waals surface area contributed by atoms with Crippen molar-refractivity contribution in [2.75, 3.05) is 6.79 Å². The number of rotatable bonds is 3. The Hall–Kier alpha value is -3.94. The van der Waals surface area contributed by atoms with Gasteiger partial charge in [-0.2, -0.15) is 0 Å². The molecule has 0 unspecified atom stereocenters. The van der Waals surface area contributed by atoms with E-state index in [4.69, 9.17) is 24.4 Å². The molecule has 8 heteroatoms. The van der Waals surface area contributed by atoms with Crippen molar-refractivity contribution in [2.24, 2.45) is 0 Å². The van der Waals surface area contributed by atoms with Crippen molar-refractivity contribution in [1.82, 2.24) is 24.1 Å². The minimum absolute atomic E-state index is 0.0248. The first-order valence-corrected chi connectivity index (χ1v) is 10.7. The van der Waals surface area contributed by atoms with Gasteiger partial charge >= 0.3 is 0 Å². The summed E-state index contributed by atoms with van der Waals surface area (Å²) in [6, 6.07) is 13.3. The van der Waals surface area contributed by atoms with E-state index in [0.717, 1.165) is 23.1 Å². The molecule has 2 aromatic carbocycles. The van der Waals surface area contributed by atoms with Gasteiger partial charge in [0.1, 0.15) is 16.7 Å². The zero-order chi connectivity index (χ0) is 22.0. The van der Waals surface area contributed by atoms with Crippen molar-refractivity contribution < 1.29 is 9.47 Å². The van der Waals surface area contributed by atoms with Crippen molar-refractivity contribution in [2.45, 2.75) is 33.2 Å². The summed E-state index contributed by atoms with van der Waals surface area (Å²) in [5.74, 6) is 2.00. The molecule has 160 valence electrons. The second-order valence-corrected chi connectivity index (χ2v) is 8.05. The van der Waals surface area contributed by atoms with E-state index in [2.05, 4.69) is 6.92 Å². The van der Waals surface area contributed by atoms with E-state index >= 15 is 0 Å². The zero-order valence-corrected chi connectivity index (χ0v) is 18.0. The summed E-state index contributed by atoms with van der Waals surface area (Å²) in [4.78, 5) is 28.3. The van der Waals surface area contributed by atoms with Crippen LogP contribution in [0.25, 0.3) is 38.9 Å². The fourth-order valence-electron chi connectivity index (χ4n) is 4.38. The standard InChI is InChI=1S/C24H21N5O3/c1-4-13(2)28-14(3)25-22-20(24(28)30)21-23(27-17-8-6-5-7-16(17)26-21)29(22)15-9-10-18-19(11-15)32-12-31-18/h5-11,13H,4,12H2,1-3H3/t13-/m0/s1. The van der Waals surface area contributed by atoms with E-state index in [-0.39, 0.29) is 18.4 Å². The first-order valence-electron chi connectivity index (χ1n) is 10.7. The Morgan fingerprint density at radius 1 is 1.00 bits per heavy atom. The second-order valence-electron chi connectivity index (χ2n) is 8.05. The molecule has 0 aliphatic carbocycles. The smallest absolute Gasteiger partial charge is 0.265 e. The van der Waals surface area contributed by atoms with Gasteiger partial charge in [-0.15, -0.1) is 0 Å². The lowest BCUT2D eigenvalue weighted by Crippen LogP contribution is -2.26. The maximum atomic E-state index is 13.7. The average Bonchev–Trinajstić information content (AvgIpc) is 3.38. The van der Waals surface area contributed by atoms with E-state index < -0.39 is 0 Å². The van der Waals surface area contributed by atoms with Gasteiger partial charge in [-0.25, -0.2) is 15.0 Å². The van der Waals surface area contributed by atoms with Gasteiger partial charge in [-0.1, -0.05) is 19.1 Å². The second kappa shape index (κ2) is 6.78. The molecule has 3 aromatic heterocycles. The summed E-state index contributed by atoms with van der Waals surface area (Å²) >= 11 is 0. The lowest BCUT2D eigenvalue weighted by Gasteiger charge is -2.16. The van der Waals surface area contributed by atoms with Crippen LogP contribution in [-0.4, -0.2) is 30.9 Å². The third-order valence-electron chi connectivity index (χ3n) is 6.13. The molecule has 5 aromatic rings. The van der Waals surface area contributed by atoms with Gasteiger partial charge in [0.15, 0.2) is 22.8 Å². The number of ether oxygens (including phenoxy) is 2. The van der Waals surface area contributed by atoms with Gasteiger partial charge in [0.2, 0.25) is 6.79 Å². The van der Waals surface area contributed by atoms with Crippen LogP contribution in [-0.2, 0) is 0 Å². The molecule has 0 radical (unpaired) electrons. The summed E-state index contributed by atoms with van der Waals surface area (Å²) in [6.45, 7) is 6.14. The molecule has 4 heterocycles. The normalized spacial score (nSPS) is 14.0. The highest BCUT2D eigenvalue weighted by Gasteiger charge is 2.24. The topological polar surface area (TPSA) is 84.1 Å². The number of hydrogen-bond acceptors (Lipinski definition) is 6. The molecule has 1 atom stereocenters. The molecule has 6 rings (SSSR count). The van der Waals surface area contributed by atoms with Crippen LogP contribution in [0.1, 0.15) is 32.1 Å². The van der Waals surface area contributed by atoms with Gasteiger partial charge in [-0.05, 0) is 44.5 Å². The number of fused-ring (bicyclic) bond motifs is 5. The van der Waals surface area contributed by atoms with Crippen LogP contribution in [0.15, 0.2) is 47.3 Å². The number of nitrogens with zero attached hydrogens (tertiary/aromatic N) is 5. The number of para-hydroxylation sites is 2. The Labute approximate surface area is 183 Å². The summed E-state index contributed by atoms with van der Waals surface area (Å²) in [5, 5.41) is 0.474. The third-order valence-corrected chi connectivity index (χ3v) is 6.13. The molecule has 32 heavy (non-hydrogen) atoms. The third kappa shape index (κ3) is 2.55. The molecule has 1 aliphatic heterocycles. The molecule has 1 aliphatic rings. The van der Waals surface area contributed by atoms with Crippen molar-refractivity contribution in [3.63, 3.8) is 0 Å². The SMILES string of the molecule is CC[C@H](C)n1c(C)nc2c(c1=O)c1nc3ccccc3nc1n2-c1ccc2c(c1)OCO2. The van der Waals surface area contributed by atoms with Crippen LogP contribution in [0, 0.1) is 6.92 Å². The molecular weight excluding hydrogens is 406 g/mol. The number of benzene rings is 2. The Bertz CT molecular complexity index is 1600. The maximum absolute atomic E-state index is 13.7. The lowest BCUT2D eigenvalue weighted by atomic mass is 10.2. The minimum Gasteiger partial charge on any atom is -0.454 e. The van der Waals surface area contributed by atoms with Crippen molar-refractivity contribution in [3.05, 3.63) is 58.6 Å². The van der Waals surface area contributed by atoms with Crippen LogP contribution >= 0.6 is 0 Å². The van der Waals surface area contributed by atoms with E-state index in [1.54, 1.807) is 4.57 Å². The van der Waals surface area contributed by atoms with Crippen LogP contribution in [0.4, 0.5) is 0 Å². The van der Waals surface area contributed by atoms with Gasteiger partial charge in [0, 0.05) is 12.1 Å². The molecule has 0 fully saturated rings. The Morgan fingerprint density at radius 2 is 1.75 bits per heavy atom. The molecule has 0 bridgehead atoms. The van der Waals surface area contributed by atoms with E-state index in [1.165, 1.54) is 0 Å². The highest BCUT2D eigenvalue weighted by molar-refractivity contribution is 6.05. The van der Waals surface area contributed by atoms with Crippen LogP contribution in [0.3, 0.4) is 0 Å². The number of hydrogen-bond donors (Lipinski definition) is 0. The fourth-order valence-corrected chi connectivity index (χ4v) is 4.38. The maximum Gasteiger partial charge on any atom is 0.265 e. The minimum atomic E-state index is -0.101. The van der Waals surface area contributed by atoms with Crippen molar-refractivity contribution >= 4 is 33.2 Å². The summed E-state index contributed by atoms with van der Waals surface area (Å²) in [6.07, 6.45) is 0.823. The molecule has 8 nitrogen and oxygen atoms in total. The average molecular weight is 427 g/mol. The summed E-state index contributed by atoms with van der Waals surface area (Å²) < 4.78 is 14.7. The lowest BCUT2D eigenvalue weighted by molar-refractivity contribution is 0.174. The molecule has 0 N–H and O–H groups in total. The molecule has 0 saturated heterocycles. The van der Waals surface area contributed by atoms with E-state index in [9.17, 15) is 4.79 Å². The number of aromatic nitrogens is 5. The van der Waals surface area contributed by atoms with Gasteiger partial charge in [-0.3, -0.25) is 13.9 Å². The van der Waals surface area contributed by atoms with E-state index in [1.807, 2.05) is 60.9 Å². The van der Waals surface area contributed by atoms with Crippen LogP contribution in [0.2, 0.25) is 0 Å². The quantitative estimate of drug-likeness (QED) is 0.427. The predicted octanol–water partition coefficient (Wildman–Crippen LogP) is 4.29. The predicted molar refractivity (Wildman–Crippen MR) is 122 cm³/mol. The molecule has 0 spiro atoms. The fraction of sp³-hybridized carbons (Fsp3) is 0.250. The first kappa shape index (κ1) is 18.8. The molecular formula is C24H21N5O3. The number of aryl methyl sites for hydroxylation is 1. The Kier molecular flexibility index (Phi) is 3.98. The largest absolute Gasteiger partial charge is 0.454 e.